The van der Waals surface area contributed by atoms with Crippen molar-refractivity contribution in [2.24, 2.45) is 0 Å². The van der Waals surface area contributed by atoms with Crippen molar-refractivity contribution in [3.05, 3.63) is 24.2 Å². The maximum Gasteiger partial charge on any atom is 0.117 e. The second-order valence-electron chi connectivity index (χ2n) is 4.39. The van der Waals surface area contributed by atoms with E-state index < -0.39 is 0 Å². The standard InChI is InChI=1S/C12H19NO2/c1-9-6-11(7-10(2)15-9)13-8-12-4-3-5-14-12/h3-5,9-11,13H,6-8H2,1-2H3/t9-,10-/m1/s1. The van der Waals surface area contributed by atoms with Gasteiger partial charge in [0.25, 0.3) is 0 Å². The van der Waals surface area contributed by atoms with Crippen LogP contribution in [-0.2, 0) is 11.3 Å². The number of hydrogen-bond acceptors (Lipinski definition) is 3. The first-order valence-corrected chi connectivity index (χ1v) is 5.65. The van der Waals surface area contributed by atoms with Crippen molar-refractivity contribution in [3.63, 3.8) is 0 Å². The summed E-state index contributed by atoms with van der Waals surface area (Å²) >= 11 is 0. The summed E-state index contributed by atoms with van der Waals surface area (Å²) in [6.45, 7) is 5.09. The SMILES string of the molecule is C[C@@H]1CC(NCc2ccco2)C[C@@H](C)O1. The zero-order valence-electron chi connectivity index (χ0n) is 9.40. The summed E-state index contributed by atoms with van der Waals surface area (Å²) in [6.07, 6.45) is 4.62. The lowest BCUT2D eigenvalue weighted by Crippen LogP contribution is -2.40. The van der Waals surface area contributed by atoms with Crippen LogP contribution in [0.4, 0.5) is 0 Å². The Morgan fingerprint density at radius 2 is 2.07 bits per heavy atom. The van der Waals surface area contributed by atoms with Gasteiger partial charge in [0.15, 0.2) is 0 Å². The van der Waals surface area contributed by atoms with Gasteiger partial charge in [-0.15, -0.1) is 0 Å². The molecule has 2 atom stereocenters. The molecule has 1 aliphatic heterocycles. The van der Waals surface area contributed by atoms with E-state index in [2.05, 4.69) is 19.2 Å². The van der Waals surface area contributed by atoms with Crippen LogP contribution in [-0.4, -0.2) is 18.2 Å². The molecule has 0 spiro atoms. The third kappa shape index (κ3) is 3.08. The molecule has 0 amide bonds. The quantitative estimate of drug-likeness (QED) is 0.829. The van der Waals surface area contributed by atoms with E-state index in [1.54, 1.807) is 6.26 Å². The Bertz CT molecular complexity index is 274. The largest absolute Gasteiger partial charge is 0.468 e. The molecule has 0 aliphatic carbocycles. The summed E-state index contributed by atoms with van der Waals surface area (Å²) in [5.74, 6) is 1.00. The molecule has 2 rings (SSSR count). The topological polar surface area (TPSA) is 34.4 Å². The van der Waals surface area contributed by atoms with Gasteiger partial charge in [-0.3, -0.25) is 0 Å². The van der Waals surface area contributed by atoms with Crippen molar-refractivity contribution in [1.82, 2.24) is 5.32 Å². The van der Waals surface area contributed by atoms with Crippen LogP contribution in [0, 0.1) is 0 Å². The number of nitrogens with one attached hydrogen (secondary N) is 1. The molecular weight excluding hydrogens is 190 g/mol. The first-order valence-electron chi connectivity index (χ1n) is 5.65. The van der Waals surface area contributed by atoms with Crippen molar-refractivity contribution in [2.45, 2.75) is 51.5 Å². The third-order valence-electron chi connectivity index (χ3n) is 2.84. The predicted molar refractivity (Wildman–Crippen MR) is 58.6 cm³/mol. The number of hydrogen-bond donors (Lipinski definition) is 1. The Morgan fingerprint density at radius 1 is 1.33 bits per heavy atom. The molecule has 1 aliphatic rings. The first-order chi connectivity index (χ1) is 7.24. The molecule has 1 aromatic rings. The van der Waals surface area contributed by atoms with Gasteiger partial charge >= 0.3 is 0 Å². The van der Waals surface area contributed by atoms with E-state index in [0.717, 1.165) is 25.1 Å². The molecule has 15 heavy (non-hydrogen) atoms. The molecule has 3 nitrogen and oxygen atoms in total. The molecule has 0 radical (unpaired) electrons. The average molecular weight is 209 g/mol. The Labute approximate surface area is 90.8 Å². The molecule has 1 N–H and O–H groups in total. The average Bonchev–Trinajstić information content (AvgIpc) is 2.65. The van der Waals surface area contributed by atoms with Gasteiger partial charge in [-0.05, 0) is 38.8 Å². The summed E-state index contributed by atoms with van der Waals surface area (Å²) < 4.78 is 11.0. The van der Waals surface area contributed by atoms with Crippen LogP contribution >= 0.6 is 0 Å². The molecule has 1 saturated heterocycles. The van der Waals surface area contributed by atoms with Gasteiger partial charge in [-0.25, -0.2) is 0 Å². The van der Waals surface area contributed by atoms with Crippen LogP contribution in [0.15, 0.2) is 22.8 Å². The number of rotatable bonds is 3. The van der Waals surface area contributed by atoms with Crippen molar-refractivity contribution in [1.29, 1.82) is 0 Å². The molecular formula is C12H19NO2. The lowest BCUT2D eigenvalue weighted by Gasteiger charge is -2.32. The Balaban J connectivity index is 1.79. The van der Waals surface area contributed by atoms with Gasteiger partial charge in [0.1, 0.15) is 5.76 Å². The summed E-state index contributed by atoms with van der Waals surface area (Å²) in [4.78, 5) is 0. The number of ether oxygens (including phenoxy) is 1. The minimum absolute atomic E-state index is 0.364. The van der Waals surface area contributed by atoms with Crippen molar-refractivity contribution in [2.75, 3.05) is 0 Å². The van der Waals surface area contributed by atoms with E-state index in [1.165, 1.54) is 0 Å². The summed E-state index contributed by atoms with van der Waals surface area (Å²) in [7, 11) is 0. The van der Waals surface area contributed by atoms with Crippen LogP contribution in [0.2, 0.25) is 0 Å². The monoisotopic (exact) mass is 209 g/mol. The lowest BCUT2D eigenvalue weighted by molar-refractivity contribution is -0.0424. The highest BCUT2D eigenvalue weighted by molar-refractivity contribution is 4.98. The highest BCUT2D eigenvalue weighted by Crippen LogP contribution is 2.19. The van der Waals surface area contributed by atoms with Gasteiger partial charge in [0.05, 0.1) is 25.0 Å². The fraction of sp³-hybridized carbons (Fsp3) is 0.667. The highest BCUT2D eigenvalue weighted by atomic mass is 16.5. The van der Waals surface area contributed by atoms with Crippen molar-refractivity contribution >= 4 is 0 Å². The molecule has 84 valence electrons. The Kier molecular flexibility index (Phi) is 3.44. The molecule has 0 saturated carbocycles. The predicted octanol–water partition coefficient (Wildman–Crippen LogP) is 2.33. The van der Waals surface area contributed by atoms with Gasteiger partial charge in [-0.2, -0.15) is 0 Å². The molecule has 0 bridgehead atoms. The van der Waals surface area contributed by atoms with E-state index in [9.17, 15) is 0 Å². The van der Waals surface area contributed by atoms with E-state index in [1.807, 2.05) is 12.1 Å². The van der Waals surface area contributed by atoms with Gasteiger partial charge < -0.3 is 14.5 Å². The zero-order chi connectivity index (χ0) is 10.7. The van der Waals surface area contributed by atoms with Crippen molar-refractivity contribution in [3.8, 4) is 0 Å². The van der Waals surface area contributed by atoms with E-state index in [4.69, 9.17) is 9.15 Å². The minimum Gasteiger partial charge on any atom is -0.468 e. The van der Waals surface area contributed by atoms with Crippen LogP contribution < -0.4 is 5.32 Å². The van der Waals surface area contributed by atoms with E-state index >= 15 is 0 Å². The molecule has 0 unspecified atom stereocenters. The number of furan rings is 1. The van der Waals surface area contributed by atoms with Crippen LogP contribution in [0.3, 0.4) is 0 Å². The Hall–Kier alpha value is -0.800. The second-order valence-corrected chi connectivity index (χ2v) is 4.39. The van der Waals surface area contributed by atoms with E-state index in [-0.39, 0.29) is 0 Å². The van der Waals surface area contributed by atoms with Gasteiger partial charge in [0, 0.05) is 6.04 Å². The maximum atomic E-state index is 5.69. The van der Waals surface area contributed by atoms with Crippen LogP contribution in [0.5, 0.6) is 0 Å². The second kappa shape index (κ2) is 4.81. The van der Waals surface area contributed by atoms with Crippen LogP contribution in [0.25, 0.3) is 0 Å². The molecule has 3 heteroatoms. The maximum absolute atomic E-state index is 5.69. The van der Waals surface area contributed by atoms with E-state index in [0.29, 0.717) is 18.2 Å². The zero-order valence-corrected chi connectivity index (χ0v) is 9.40. The first kappa shape index (κ1) is 10.7. The molecule has 0 aromatic carbocycles. The third-order valence-corrected chi connectivity index (χ3v) is 2.84. The lowest BCUT2D eigenvalue weighted by atomic mass is 10.00. The molecule has 2 heterocycles. The minimum atomic E-state index is 0.364. The van der Waals surface area contributed by atoms with Crippen molar-refractivity contribution < 1.29 is 9.15 Å². The van der Waals surface area contributed by atoms with Gasteiger partial charge in [-0.1, -0.05) is 0 Å². The normalized spacial score (nSPS) is 31.7. The fourth-order valence-electron chi connectivity index (χ4n) is 2.23. The summed E-state index contributed by atoms with van der Waals surface area (Å²) in [6, 6.07) is 4.47. The smallest absolute Gasteiger partial charge is 0.117 e. The molecule has 1 fully saturated rings. The fourth-order valence-corrected chi connectivity index (χ4v) is 2.23. The summed E-state index contributed by atoms with van der Waals surface area (Å²) in [5, 5.41) is 3.51. The highest BCUT2D eigenvalue weighted by Gasteiger charge is 2.23. The molecule has 1 aromatic heterocycles. The van der Waals surface area contributed by atoms with Gasteiger partial charge in [0.2, 0.25) is 0 Å². The Morgan fingerprint density at radius 3 is 2.67 bits per heavy atom. The summed E-state index contributed by atoms with van der Waals surface area (Å²) in [5.41, 5.74) is 0. The van der Waals surface area contributed by atoms with Crippen LogP contribution in [0.1, 0.15) is 32.4 Å².